The molecule has 0 saturated carbocycles. The maximum absolute atomic E-state index is 5.56. The second kappa shape index (κ2) is 9.84. The highest BCUT2D eigenvalue weighted by molar-refractivity contribution is 5.61. The lowest BCUT2D eigenvalue weighted by atomic mass is 10.0. The number of aromatic nitrogens is 3. The molecule has 1 saturated heterocycles. The molecule has 1 unspecified atom stereocenters. The molecule has 1 aromatic carbocycles. The summed E-state index contributed by atoms with van der Waals surface area (Å²) in [6.45, 7) is 5.02. The molecule has 2 aromatic heterocycles. The maximum atomic E-state index is 5.56. The van der Waals surface area contributed by atoms with Crippen molar-refractivity contribution in [2.75, 3.05) is 40.0 Å². The summed E-state index contributed by atoms with van der Waals surface area (Å²) in [6, 6.07) is 12.6. The van der Waals surface area contributed by atoms with E-state index in [1.165, 1.54) is 11.1 Å². The van der Waals surface area contributed by atoms with Crippen LogP contribution in [0.15, 0.2) is 55.0 Å². The number of benzene rings is 1. The van der Waals surface area contributed by atoms with E-state index in [1.807, 2.05) is 42.2 Å². The zero-order chi connectivity index (χ0) is 20.8. The van der Waals surface area contributed by atoms with E-state index in [0.29, 0.717) is 0 Å². The normalized spacial score (nSPS) is 15.8. The Morgan fingerprint density at radius 1 is 1.17 bits per heavy atom. The van der Waals surface area contributed by atoms with Gasteiger partial charge in [0.05, 0.1) is 26.0 Å². The molecule has 0 spiro atoms. The van der Waals surface area contributed by atoms with E-state index >= 15 is 0 Å². The van der Waals surface area contributed by atoms with Crippen molar-refractivity contribution in [3.8, 4) is 17.0 Å². The lowest BCUT2D eigenvalue weighted by Gasteiger charge is -2.35. The van der Waals surface area contributed by atoms with Crippen LogP contribution < -0.4 is 10.1 Å². The van der Waals surface area contributed by atoms with Crippen molar-refractivity contribution >= 4 is 0 Å². The van der Waals surface area contributed by atoms with E-state index in [4.69, 9.17) is 9.47 Å². The Bertz CT molecular complexity index is 921. The number of hydrogen-bond acceptors (Lipinski definition) is 6. The predicted molar refractivity (Wildman–Crippen MR) is 116 cm³/mol. The highest BCUT2D eigenvalue weighted by Gasteiger charge is 2.22. The summed E-state index contributed by atoms with van der Waals surface area (Å²) >= 11 is 0. The molecule has 30 heavy (non-hydrogen) atoms. The highest BCUT2D eigenvalue weighted by atomic mass is 16.5. The third-order valence-corrected chi connectivity index (χ3v) is 5.48. The first-order valence-corrected chi connectivity index (χ1v) is 10.3. The van der Waals surface area contributed by atoms with Gasteiger partial charge in [0.2, 0.25) is 0 Å². The molecule has 0 aliphatic carbocycles. The Morgan fingerprint density at radius 2 is 1.97 bits per heavy atom. The largest absolute Gasteiger partial charge is 0.497 e. The molecule has 1 fully saturated rings. The number of aryl methyl sites for hydroxylation is 1. The quantitative estimate of drug-likeness (QED) is 0.619. The van der Waals surface area contributed by atoms with Gasteiger partial charge in [0.1, 0.15) is 5.75 Å². The molecular weight excluding hydrogens is 378 g/mol. The van der Waals surface area contributed by atoms with E-state index in [2.05, 4.69) is 38.6 Å². The minimum atomic E-state index is 0.276. The van der Waals surface area contributed by atoms with Gasteiger partial charge in [-0.1, -0.05) is 12.1 Å². The zero-order valence-corrected chi connectivity index (χ0v) is 17.6. The van der Waals surface area contributed by atoms with Crippen LogP contribution in [-0.4, -0.2) is 59.6 Å². The molecule has 1 N–H and O–H groups in total. The standard InChI is InChI=1S/C23H29N5O2/c1-27-17-20(23(26-27)19-4-3-9-24-14-19)15-25-16-22(28-10-12-30-13-11-28)18-5-7-21(29-2)8-6-18/h3-9,14,17,22,25H,10-13,15-16H2,1-2H3. The SMILES string of the molecule is COc1ccc(C(CNCc2cn(C)nc2-c2cccnc2)N2CCOCC2)cc1. The van der Waals surface area contributed by atoms with Crippen LogP contribution in [0.25, 0.3) is 11.3 Å². The maximum Gasteiger partial charge on any atom is 0.118 e. The van der Waals surface area contributed by atoms with Crippen molar-refractivity contribution in [3.05, 3.63) is 66.1 Å². The van der Waals surface area contributed by atoms with Gasteiger partial charge >= 0.3 is 0 Å². The van der Waals surface area contributed by atoms with Gasteiger partial charge in [0.25, 0.3) is 0 Å². The molecule has 4 rings (SSSR count). The van der Waals surface area contributed by atoms with Gasteiger partial charge in [-0.15, -0.1) is 0 Å². The molecular formula is C23H29N5O2. The van der Waals surface area contributed by atoms with E-state index in [0.717, 1.165) is 56.4 Å². The molecule has 3 aromatic rings. The van der Waals surface area contributed by atoms with Crippen molar-refractivity contribution in [2.24, 2.45) is 7.05 Å². The molecule has 1 aliphatic rings. The van der Waals surface area contributed by atoms with Gasteiger partial charge in [-0.05, 0) is 29.8 Å². The smallest absolute Gasteiger partial charge is 0.118 e. The third kappa shape index (κ3) is 4.87. The molecule has 3 heterocycles. The predicted octanol–water partition coefficient (Wildman–Crippen LogP) is 2.65. The summed E-state index contributed by atoms with van der Waals surface area (Å²) in [5, 5.41) is 8.30. The van der Waals surface area contributed by atoms with Crippen LogP contribution in [0.1, 0.15) is 17.2 Å². The average Bonchev–Trinajstić information content (AvgIpc) is 3.18. The van der Waals surface area contributed by atoms with Gasteiger partial charge in [0, 0.05) is 69.0 Å². The summed E-state index contributed by atoms with van der Waals surface area (Å²) in [5.74, 6) is 0.879. The van der Waals surface area contributed by atoms with Crippen molar-refractivity contribution in [1.29, 1.82) is 0 Å². The molecule has 0 radical (unpaired) electrons. The highest BCUT2D eigenvalue weighted by Crippen LogP contribution is 2.25. The molecule has 0 amide bonds. The fourth-order valence-corrected chi connectivity index (χ4v) is 3.93. The molecule has 1 atom stereocenters. The number of rotatable bonds is 8. The fourth-order valence-electron chi connectivity index (χ4n) is 3.93. The van der Waals surface area contributed by atoms with Gasteiger partial charge in [-0.2, -0.15) is 5.10 Å². The second-order valence-corrected chi connectivity index (χ2v) is 7.49. The summed E-state index contributed by atoms with van der Waals surface area (Å²) < 4.78 is 12.8. The van der Waals surface area contributed by atoms with Crippen LogP contribution in [0.4, 0.5) is 0 Å². The molecule has 7 nitrogen and oxygen atoms in total. The van der Waals surface area contributed by atoms with Gasteiger partial charge in [-0.3, -0.25) is 14.6 Å². The van der Waals surface area contributed by atoms with Crippen molar-refractivity contribution < 1.29 is 9.47 Å². The summed E-state index contributed by atoms with van der Waals surface area (Å²) in [7, 11) is 3.65. The molecule has 158 valence electrons. The number of nitrogens with one attached hydrogen (secondary N) is 1. The van der Waals surface area contributed by atoms with Crippen molar-refractivity contribution in [3.63, 3.8) is 0 Å². The molecule has 7 heteroatoms. The number of morpholine rings is 1. The summed E-state index contributed by atoms with van der Waals surface area (Å²) in [4.78, 5) is 6.73. The number of pyridine rings is 1. The monoisotopic (exact) mass is 407 g/mol. The third-order valence-electron chi connectivity index (χ3n) is 5.48. The first-order chi connectivity index (χ1) is 14.7. The van der Waals surface area contributed by atoms with Crippen molar-refractivity contribution in [1.82, 2.24) is 25.0 Å². The van der Waals surface area contributed by atoms with E-state index in [1.54, 1.807) is 13.3 Å². The lowest BCUT2D eigenvalue weighted by Crippen LogP contribution is -2.42. The number of nitrogens with zero attached hydrogens (tertiary/aromatic N) is 4. The Kier molecular flexibility index (Phi) is 6.74. The Morgan fingerprint density at radius 3 is 2.67 bits per heavy atom. The van der Waals surface area contributed by atoms with Crippen LogP contribution in [0.5, 0.6) is 5.75 Å². The minimum Gasteiger partial charge on any atom is -0.497 e. The first-order valence-electron chi connectivity index (χ1n) is 10.3. The first kappa shape index (κ1) is 20.5. The van der Waals surface area contributed by atoms with Gasteiger partial charge in [-0.25, -0.2) is 0 Å². The Balaban J connectivity index is 1.48. The number of ether oxygens (including phenoxy) is 2. The van der Waals surface area contributed by atoms with E-state index in [-0.39, 0.29) is 6.04 Å². The topological polar surface area (TPSA) is 64.4 Å². The zero-order valence-electron chi connectivity index (χ0n) is 17.6. The Labute approximate surface area is 177 Å². The second-order valence-electron chi connectivity index (χ2n) is 7.49. The van der Waals surface area contributed by atoms with Crippen molar-refractivity contribution in [2.45, 2.75) is 12.6 Å². The number of methoxy groups -OCH3 is 1. The van der Waals surface area contributed by atoms with Crippen LogP contribution >= 0.6 is 0 Å². The summed E-state index contributed by atoms with van der Waals surface area (Å²) in [5.41, 5.74) is 4.46. The minimum absolute atomic E-state index is 0.276. The van der Waals surface area contributed by atoms with E-state index in [9.17, 15) is 0 Å². The van der Waals surface area contributed by atoms with Crippen LogP contribution in [0.3, 0.4) is 0 Å². The van der Waals surface area contributed by atoms with Crippen LogP contribution in [-0.2, 0) is 18.3 Å². The van der Waals surface area contributed by atoms with Gasteiger partial charge < -0.3 is 14.8 Å². The van der Waals surface area contributed by atoms with E-state index < -0.39 is 0 Å². The fraction of sp³-hybridized carbons (Fsp3) is 0.391. The number of hydrogen-bond donors (Lipinski definition) is 1. The van der Waals surface area contributed by atoms with Gasteiger partial charge in [0.15, 0.2) is 0 Å². The summed E-state index contributed by atoms with van der Waals surface area (Å²) in [6.07, 6.45) is 5.72. The molecule has 0 bridgehead atoms. The van der Waals surface area contributed by atoms with Crippen LogP contribution in [0.2, 0.25) is 0 Å². The Hall–Kier alpha value is -2.74. The molecule has 1 aliphatic heterocycles. The van der Waals surface area contributed by atoms with Crippen LogP contribution in [0, 0.1) is 0 Å². The average molecular weight is 408 g/mol. The lowest BCUT2D eigenvalue weighted by molar-refractivity contribution is 0.0161.